The van der Waals surface area contributed by atoms with Gasteiger partial charge in [-0.3, -0.25) is 9.36 Å². The van der Waals surface area contributed by atoms with E-state index in [4.69, 9.17) is 11.6 Å². The summed E-state index contributed by atoms with van der Waals surface area (Å²) in [6.07, 6.45) is -0.166. The average molecular weight is 638 g/mol. The molecule has 1 amide bonds. The van der Waals surface area contributed by atoms with E-state index in [0.29, 0.717) is 21.2 Å². The quantitative estimate of drug-likeness (QED) is 0.250. The molecule has 42 heavy (non-hydrogen) atoms. The molecule has 0 N–H and O–H groups in total. The van der Waals surface area contributed by atoms with Crippen LogP contribution in [0.2, 0.25) is 5.02 Å². The summed E-state index contributed by atoms with van der Waals surface area (Å²) in [7, 11) is -1.39. The van der Waals surface area contributed by atoms with Crippen LogP contribution < -0.4 is 10.6 Å². The zero-order chi connectivity index (χ0) is 29.9. The number of thiol groups is 1. The van der Waals surface area contributed by atoms with Crippen molar-refractivity contribution in [1.29, 1.82) is 0 Å². The zero-order valence-corrected chi connectivity index (χ0v) is 25.1. The molecule has 1 saturated heterocycles. The molecule has 4 atom stereocenters. The Labute approximate surface area is 250 Å². The molecule has 0 saturated carbocycles. The van der Waals surface area contributed by atoms with Crippen molar-refractivity contribution in [2.45, 2.75) is 53.8 Å². The summed E-state index contributed by atoms with van der Waals surface area (Å²) in [5, 5.41) is 10.6. The van der Waals surface area contributed by atoms with Crippen LogP contribution in [0, 0.1) is 0 Å². The summed E-state index contributed by atoms with van der Waals surface area (Å²) in [4.78, 5) is 34.6. The molecule has 0 radical (unpaired) electrons. The van der Waals surface area contributed by atoms with Crippen LogP contribution in [0.5, 0.6) is 0 Å². The molecule has 3 aromatic heterocycles. The summed E-state index contributed by atoms with van der Waals surface area (Å²) in [6.45, 7) is 8.04. The lowest BCUT2D eigenvalue weighted by molar-refractivity contribution is -0.137. The van der Waals surface area contributed by atoms with Crippen molar-refractivity contribution in [3.63, 3.8) is 0 Å². The van der Waals surface area contributed by atoms with Crippen molar-refractivity contribution in [3.8, 4) is 0 Å². The van der Waals surface area contributed by atoms with Crippen molar-refractivity contribution in [2.24, 2.45) is 0 Å². The van der Waals surface area contributed by atoms with E-state index >= 15 is 0 Å². The normalized spacial score (nSPS) is 23.7. The summed E-state index contributed by atoms with van der Waals surface area (Å²) >= 11 is 7.68. The third kappa shape index (κ3) is 4.98. The van der Waals surface area contributed by atoms with E-state index in [9.17, 15) is 22.8 Å². The third-order valence-electron chi connectivity index (χ3n) is 7.72. The Balaban J connectivity index is 1.61. The number of amides is 1. The van der Waals surface area contributed by atoms with Crippen LogP contribution in [0.4, 0.5) is 19.0 Å². The Morgan fingerprint density at radius 3 is 2.52 bits per heavy atom. The largest absolute Gasteiger partial charge is 0.416 e. The molecule has 6 rings (SSSR count). The van der Waals surface area contributed by atoms with Crippen molar-refractivity contribution in [3.05, 3.63) is 69.7 Å². The second-order valence-corrected chi connectivity index (χ2v) is 14.4. The number of hydrogen-bond acceptors (Lipinski definition) is 7. The number of piperazine rings is 1. The van der Waals surface area contributed by atoms with Gasteiger partial charge in [0.05, 0.1) is 34.9 Å². The third-order valence-corrected chi connectivity index (χ3v) is 12.1. The number of alkyl halides is 3. The van der Waals surface area contributed by atoms with E-state index in [2.05, 4.69) is 21.9 Å². The van der Waals surface area contributed by atoms with Gasteiger partial charge in [0.15, 0.2) is 0 Å². The Bertz CT molecular complexity index is 1730. The van der Waals surface area contributed by atoms with E-state index in [1.165, 1.54) is 34.2 Å². The van der Waals surface area contributed by atoms with E-state index in [1.807, 2.05) is 18.7 Å². The predicted molar refractivity (Wildman–Crippen MR) is 158 cm³/mol. The lowest BCUT2D eigenvalue weighted by atomic mass is 10.1. The topological polar surface area (TPSA) is 89.2 Å². The Morgan fingerprint density at radius 2 is 1.93 bits per heavy atom. The zero-order valence-electron chi connectivity index (χ0n) is 22.6. The number of thiophene rings is 1. The van der Waals surface area contributed by atoms with E-state index in [0.717, 1.165) is 10.3 Å². The Hall–Kier alpha value is -3.36. The number of halogens is 4. The molecule has 0 bridgehead atoms. The Kier molecular flexibility index (Phi) is 7.34. The summed E-state index contributed by atoms with van der Waals surface area (Å²) in [6, 6.07) is 3.12. The maximum atomic E-state index is 14.5. The van der Waals surface area contributed by atoms with E-state index in [1.54, 1.807) is 27.2 Å². The van der Waals surface area contributed by atoms with Gasteiger partial charge in [-0.1, -0.05) is 23.4 Å². The molecular weight excluding hydrogens is 611 g/mol. The molecular formula is C27H27ClF3N7O2S2. The molecule has 0 spiro atoms. The van der Waals surface area contributed by atoms with Gasteiger partial charge in [0.1, 0.15) is 5.82 Å². The second-order valence-electron chi connectivity index (χ2n) is 10.5. The van der Waals surface area contributed by atoms with Gasteiger partial charge in [-0.25, -0.2) is 9.48 Å². The minimum Gasteiger partial charge on any atom is -0.352 e. The van der Waals surface area contributed by atoms with Gasteiger partial charge in [-0.15, -0.1) is 16.4 Å². The summed E-state index contributed by atoms with van der Waals surface area (Å²) in [5.74, 6) is 0.384. The predicted octanol–water partition coefficient (Wildman–Crippen LogP) is 5.01. The number of carbonyl (C=O) groups excluding carboxylic acids is 1. The number of benzene rings is 1. The molecule has 1 aromatic carbocycles. The number of carbonyl (C=O) groups is 1. The number of aromatic nitrogens is 5. The van der Waals surface area contributed by atoms with Crippen LogP contribution in [-0.2, 0) is 17.5 Å². The van der Waals surface area contributed by atoms with Crippen LogP contribution in [0.3, 0.4) is 0 Å². The highest BCUT2D eigenvalue weighted by atomic mass is 35.5. The van der Waals surface area contributed by atoms with Gasteiger partial charge < -0.3 is 9.80 Å². The summed E-state index contributed by atoms with van der Waals surface area (Å²) < 4.78 is 47.3. The maximum absolute atomic E-state index is 14.5. The fourth-order valence-electron chi connectivity index (χ4n) is 6.01. The van der Waals surface area contributed by atoms with Gasteiger partial charge >= 0.3 is 11.9 Å². The monoisotopic (exact) mass is 637 g/mol. The van der Waals surface area contributed by atoms with Gasteiger partial charge in [0.2, 0.25) is 5.91 Å². The fraction of sp³-hybridized carbons (Fsp3) is 0.370. The highest BCUT2D eigenvalue weighted by molar-refractivity contribution is 8.18. The van der Waals surface area contributed by atoms with Gasteiger partial charge in [-0.2, -0.15) is 29.1 Å². The SMILES string of the molecule is C=CC(=O)N1[C@H](C)CN(c2nc(=O)n3c4c(cc(C(F)(F)F)cc24)[SH](c2cc(Cl)cs2)C[C@@H](n2ccnn2)C3)C[C@@H]1C. The highest BCUT2D eigenvalue weighted by Gasteiger charge is 2.38. The van der Waals surface area contributed by atoms with Crippen molar-refractivity contribution >= 4 is 56.5 Å². The van der Waals surface area contributed by atoms with Crippen molar-refractivity contribution in [2.75, 3.05) is 23.7 Å². The van der Waals surface area contributed by atoms with Crippen LogP contribution in [0.25, 0.3) is 10.9 Å². The molecule has 2 aliphatic heterocycles. The Morgan fingerprint density at radius 1 is 1.19 bits per heavy atom. The van der Waals surface area contributed by atoms with E-state index < -0.39 is 28.3 Å². The second kappa shape index (κ2) is 10.7. The number of anilines is 1. The number of rotatable bonds is 4. The molecule has 4 aromatic rings. The van der Waals surface area contributed by atoms with Crippen molar-refractivity contribution in [1.82, 2.24) is 29.4 Å². The van der Waals surface area contributed by atoms with Crippen LogP contribution in [0.1, 0.15) is 25.5 Å². The van der Waals surface area contributed by atoms with Gasteiger partial charge in [-0.05, 0) is 38.1 Å². The van der Waals surface area contributed by atoms with Crippen LogP contribution in [0.15, 0.2) is 62.5 Å². The molecule has 1 unspecified atom stereocenters. The molecule has 222 valence electrons. The smallest absolute Gasteiger partial charge is 0.352 e. The van der Waals surface area contributed by atoms with Crippen LogP contribution in [-0.4, -0.2) is 66.3 Å². The first-order valence-electron chi connectivity index (χ1n) is 13.2. The minimum absolute atomic E-state index is 0.163. The van der Waals surface area contributed by atoms with Gasteiger partial charge in [0.25, 0.3) is 0 Å². The molecule has 9 nitrogen and oxygen atoms in total. The fourth-order valence-corrected chi connectivity index (χ4v) is 10.5. The van der Waals surface area contributed by atoms with Gasteiger partial charge in [0, 0.05) is 57.0 Å². The average Bonchev–Trinajstić information content (AvgIpc) is 3.59. The maximum Gasteiger partial charge on any atom is 0.416 e. The molecule has 2 aliphatic rings. The molecule has 15 heteroatoms. The minimum atomic E-state index is -4.63. The van der Waals surface area contributed by atoms with Crippen LogP contribution >= 0.6 is 33.8 Å². The lowest BCUT2D eigenvalue weighted by Gasteiger charge is -2.44. The van der Waals surface area contributed by atoms with E-state index in [-0.39, 0.29) is 54.9 Å². The first-order valence-corrected chi connectivity index (χ1v) is 16.0. The standard InChI is InChI=1S/C27H27ClF3N7O2S2/c1-4-22(39)38-15(2)10-35(11-16(38)3)25-20-7-17(27(29,30)31)8-21-24(20)36(26(40)33-25)12-19(37-6-5-32-34-37)14-42(21)23-9-18(28)13-41-23/h4-9,13,15-16,19,42H,1,10-12,14H2,2-3H3/t15-,16+,19-/m0/s1. The first-order chi connectivity index (χ1) is 20.0. The highest BCUT2D eigenvalue weighted by Crippen LogP contribution is 2.55. The number of hydrogen-bond donors (Lipinski definition) is 1. The summed E-state index contributed by atoms with van der Waals surface area (Å²) in [5.41, 5.74) is -0.940. The van der Waals surface area contributed by atoms with Crippen molar-refractivity contribution < 1.29 is 18.0 Å². The lowest BCUT2D eigenvalue weighted by Crippen LogP contribution is -2.58. The number of nitrogens with zero attached hydrogens (tertiary/aromatic N) is 7. The first kappa shape index (κ1) is 28.7. The molecule has 0 aliphatic carbocycles. The molecule has 5 heterocycles. The molecule has 1 fully saturated rings.